The second-order valence-corrected chi connectivity index (χ2v) is 5.52. The molecule has 0 radical (unpaired) electrons. The van der Waals surface area contributed by atoms with Gasteiger partial charge in [-0.2, -0.15) is 0 Å². The molecule has 0 saturated carbocycles. The zero-order valence-corrected chi connectivity index (χ0v) is 13.3. The fraction of sp³-hybridized carbons (Fsp3) is 0. The van der Waals surface area contributed by atoms with Crippen molar-refractivity contribution in [3.63, 3.8) is 0 Å². The van der Waals surface area contributed by atoms with Crippen molar-refractivity contribution in [2.75, 3.05) is 0 Å². The van der Waals surface area contributed by atoms with Crippen LogP contribution in [0.15, 0.2) is 80.6 Å². The van der Waals surface area contributed by atoms with Gasteiger partial charge in [-0.25, -0.2) is 14.0 Å². The summed E-state index contributed by atoms with van der Waals surface area (Å²) in [4.78, 5) is 24.2. The third-order valence-electron chi connectivity index (χ3n) is 3.80. The molecule has 2 aromatic carbocycles. The fourth-order valence-corrected chi connectivity index (χ4v) is 2.54. The molecule has 6 heteroatoms. The Labute approximate surface area is 146 Å². The van der Waals surface area contributed by atoms with Crippen LogP contribution in [-0.2, 0) is 0 Å². The Morgan fingerprint density at radius 2 is 1.81 bits per heavy atom. The Bertz CT molecular complexity index is 1140. The van der Waals surface area contributed by atoms with Gasteiger partial charge < -0.3 is 13.6 Å². The number of esters is 1. The number of hydrogen-bond acceptors (Lipinski definition) is 5. The summed E-state index contributed by atoms with van der Waals surface area (Å²) in [6, 6.07) is 15.0. The van der Waals surface area contributed by atoms with Crippen LogP contribution in [0.4, 0.5) is 4.39 Å². The molecule has 26 heavy (non-hydrogen) atoms. The van der Waals surface area contributed by atoms with Crippen LogP contribution in [-0.4, -0.2) is 5.97 Å². The van der Waals surface area contributed by atoms with Crippen LogP contribution < -0.4 is 10.4 Å². The molecule has 0 saturated heterocycles. The summed E-state index contributed by atoms with van der Waals surface area (Å²) in [7, 11) is 0. The van der Waals surface area contributed by atoms with E-state index in [4.69, 9.17) is 13.6 Å². The first-order valence-corrected chi connectivity index (χ1v) is 7.70. The number of ether oxygens (including phenoxy) is 1. The number of benzene rings is 2. The van der Waals surface area contributed by atoms with E-state index in [9.17, 15) is 14.0 Å². The highest BCUT2D eigenvalue weighted by Gasteiger charge is 2.13. The van der Waals surface area contributed by atoms with Crippen LogP contribution in [0.5, 0.6) is 5.75 Å². The van der Waals surface area contributed by atoms with Crippen molar-refractivity contribution in [3.05, 3.63) is 88.9 Å². The number of fused-ring (bicyclic) bond motifs is 1. The van der Waals surface area contributed by atoms with E-state index in [1.807, 2.05) is 0 Å². The smallest absolute Gasteiger partial charge is 0.379 e. The zero-order valence-electron chi connectivity index (χ0n) is 13.3. The Kier molecular flexibility index (Phi) is 3.85. The van der Waals surface area contributed by atoms with E-state index in [2.05, 4.69) is 0 Å². The summed E-state index contributed by atoms with van der Waals surface area (Å²) in [5.74, 6) is -0.753. The lowest BCUT2D eigenvalue weighted by Crippen LogP contribution is -2.07. The fourth-order valence-electron chi connectivity index (χ4n) is 2.54. The van der Waals surface area contributed by atoms with E-state index in [1.165, 1.54) is 42.7 Å². The molecule has 4 rings (SSSR count). The second kappa shape index (κ2) is 6.33. The number of carbonyl (C=O) groups excluding carboxylic acids is 1. The first-order valence-electron chi connectivity index (χ1n) is 7.70. The van der Waals surface area contributed by atoms with Gasteiger partial charge in [-0.05, 0) is 48.0 Å². The number of carbonyl (C=O) groups is 1. The van der Waals surface area contributed by atoms with Crippen LogP contribution in [0.3, 0.4) is 0 Å². The summed E-state index contributed by atoms with van der Waals surface area (Å²) >= 11 is 0. The van der Waals surface area contributed by atoms with Crippen molar-refractivity contribution in [1.82, 2.24) is 0 Å². The maximum atomic E-state index is 13.1. The normalized spacial score (nSPS) is 10.8. The van der Waals surface area contributed by atoms with Gasteiger partial charge in [0.05, 0.1) is 11.8 Å². The van der Waals surface area contributed by atoms with Gasteiger partial charge in [-0.15, -0.1) is 0 Å². The summed E-state index contributed by atoms with van der Waals surface area (Å²) in [6.07, 6.45) is 1.37. The lowest BCUT2D eigenvalue weighted by atomic mass is 10.1. The quantitative estimate of drug-likeness (QED) is 0.311. The Morgan fingerprint density at radius 3 is 2.54 bits per heavy atom. The predicted octanol–water partition coefficient (Wildman–Crippen LogP) is 4.41. The van der Waals surface area contributed by atoms with Crippen LogP contribution in [0.25, 0.3) is 22.1 Å². The average molecular weight is 350 g/mol. The van der Waals surface area contributed by atoms with E-state index in [0.29, 0.717) is 16.5 Å². The number of hydrogen-bond donors (Lipinski definition) is 0. The minimum absolute atomic E-state index is 0.0678. The minimum Gasteiger partial charge on any atom is -0.457 e. The van der Waals surface area contributed by atoms with Gasteiger partial charge in [-0.3, -0.25) is 0 Å². The van der Waals surface area contributed by atoms with Crippen molar-refractivity contribution in [2.45, 2.75) is 0 Å². The van der Waals surface area contributed by atoms with E-state index < -0.39 is 11.6 Å². The second-order valence-electron chi connectivity index (χ2n) is 5.52. The molecular formula is C20H11FO5. The molecule has 128 valence electrons. The van der Waals surface area contributed by atoms with Crippen molar-refractivity contribution in [1.29, 1.82) is 0 Å². The molecule has 0 bridgehead atoms. The van der Waals surface area contributed by atoms with Gasteiger partial charge in [0.15, 0.2) is 0 Å². The summed E-state index contributed by atoms with van der Waals surface area (Å²) < 4.78 is 28.6. The molecule has 0 N–H and O–H groups in total. The van der Waals surface area contributed by atoms with Crippen molar-refractivity contribution >= 4 is 16.9 Å². The van der Waals surface area contributed by atoms with E-state index in [-0.39, 0.29) is 22.9 Å². The minimum atomic E-state index is -0.653. The van der Waals surface area contributed by atoms with E-state index in [1.54, 1.807) is 24.3 Å². The van der Waals surface area contributed by atoms with Crippen LogP contribution >= 0.6 is 0 Å². The maximum Gasteiger partial charge on any atom is 0.379 e. The standard InChI is InChI=1S/C20H11FO5/c21-14-6-3-12(4-7-14)16-10-13-5-8-15(11-18(13)26-19(16)22)25-20(23)17-2-1-9-24-17/h1-11H. The van der Waals surface area contributed by atoms with Gasteiger partial charge in [0.25, 0.3) is 0 Å². The Balaban J connectivity index is 1.69. The van der Waals surface area contributed by atoms with Gasteiger partial charge >= 0.3 is 11.6 Å². The Morgan fingerprint density at radius 1 is 1.00 bits per heavy atom. The molecule has 0 amide bonds. The SMILES string of the molecule is O=C(Oc1ccc2cc(-c3ccc(F)cc3)c(=O)oc2c1)c1ccco1. The summed E-state index contributed by atoms with van der Waals surface area (Å²) in [5, 5.41) is 0.640. The van der Waals surface area contributed by atoms with Gasteiger partial charge in [0.2, 0.25) is 5.76 Å². The highest BCUT2D eigenvalue weighted by molar-refractivity contribution is 5.89. The largest absolute Gasteiger partial charge is 0.457 e. The van der Waals surface area contributed by atoms with Crippen LogP contribution in [0.1, 0.15) is 10.6 Å². The molecule has 0 unspecified atom stereocenters. The van der Waals surface area contributed by atoms with Crippen LogP contribution in [0, 0.1) is 5.82 Å². The highest BCUT2D eigenvalue weighted by atomic mass is 19.1. The van der Waals surface area contributed by atoms with Gasteiger partial charge in [0.1, 0.15) is 17.1 Å². The molecule has 0 aliphatic heterocycles. The van der Waals surface area contributed by atoms with E-state index in [0.717, 1.165) is 0 Å². The van der Waals surface area contributed by atoms with Crippen molar-refractivity contribution in [3.8, 4) is 16.9 Å². The van der Waals surface area contributed by atoms with Gasteiger partial charge in [0, 0.05) is 11.5 Å². The molecule has 0 aliphatic rings. The first-order chi connectivity index (χ1) is 12.6. The molecule has 2 heterocycles. The molecule has 4 aromatic rings. The van der Waals surface area contributed by atoms with Crippen molar-refractivity contribution in [2.24, 2.45) is 0 Å². The third-order valence-corrected chi connectivity index (χ3v) is 3.80. The lowest BCUT2D eigenvalue weighted by Gasteiger charge is -2.05. The number of halogens is 1. The molecule has 5 nitrogen and oxygen atoms in total. The predicted molar refractivity (Wildman–Crippen MR) is 91.5 cm³/mol. The average Bonchev–Trinajstić information content (AvgIpc) is 3.17. The Hall–Kier alpha value is -3.67. The third kappa shape index (κ3) is 3.00. The molecule has 0 spiro atoms. The van der Waals surface area contributed by atoms with Crippen molar-refractivity contribution < 1.29 is 22.8 Å². The number of furan rings is 1. The maximum absolute atomic E-state index is 13.1. The number of rotatable bonds is 3. The molecule has 2 aromatic heterocycles. The highest BCUT2D eigenvalue weighted by Crippen LogP contribution is 2.25. The van der Waals surface area contributed by atoms with Gasteiger partial charge in [-0.1, -0.05) is 12.1 Å². The molecule has 0 fully saturated rings. The topological polar surface area (TPSA) is 69.7 Å². The summed E-state index contributed by atoms with van der Waals surface area (Å²) in [5.41, 5.74) is 0.567. The molecule has 0 aliphatic carbocycles. The van der Waals surface area contributed by atoms with E-state index >= 15 is 0 Å². The summed E-state index contributed by atoms with van der Waals surface area (Å²) in [6.45, 7) is 0. The lowest BCUT2D eigenvalue weighted by molar-refractivity contribution is 0.0701. The monoisotopic (exact) mass is 350 g/mol. The molecular weight excluding hydrogens is 339 g/mol. The first kappa shape index (κ1) is 15.8. The zero-order chi connectivity index (χ0) is 18.1. The van der Waals surface area contributed by atoms with Crippen LogP contribution in [0.2, 0.25) is 0 Å². The molecule has 0 atom stereocenters.